The molecule has 2 atom stereocenters. The van der Waals surface area contributed by atoms with Crippen molar-refractivity contribution < 1.29 is 14.7 Å². The zero-order valence-electron chi connectivity index (χ0n) is 11.2. The van der Waals surface area contributed by atoms with Gasteiger partial charge in [0, 0.05) is 30.6 Å². The number of hydrogen-bond acceptors (Lipinski definition) is 4. The number of nitrogens with zero attached hydrogens (tertiary/aromatic N) is 1. The standard InChI is InChI=1S/C14H17ClN2O3/c1-17-13(19)7-6-11(14(17)20)16-8-12(18)9-4-2-3-5-10(9)15/h2-5,11-12,16,18H,6-8H2,1H3. The lowest BCUT2D eigenvalue weighted by molar-refractivity contribution is -0.148. The number of nitrogens with one attached hydrogen (secondary N) is 1. The fourth-order valence-corrected chi connectivity index (χ4v) is 2.48. The quantitative estimate of drug-likeness (QED) is 0.817. The molecule has 1 aliphatic heterocycles. The van der Waals surface area contributed by atoms with E-state index in [4.69, 9.17) is 11.6 Å². The van der Waals surface area contributed by atoms with Crippen LogP contribution < -0.4 is 5.32 Å². The van der Waals surface area contributed by atoms with Crippen LogP contribution in [0.4, 0.5) is 0 Å². The highest BCUT2D eigenvalue weighted by Gasteiger charge is 2.31. The Balaban J connectivity index is 1.94. The summed E-state index contributed by atoms with van der Waals surface area (Å²) in [6.45, 7) is 0.210. The van der Waals surface area contributed by atoms with Crippen molar-refractivity contribution in [1.82, 2.24) is 10.2 Å². The highest BCUT2D eigenvalue weighted by Crippen LogP contribution is 2.22. The lowest BCUT2D eigenvalue weighted by atomic mass is 10.0. The number of benzene rings is 1. The molecule has 2 N–H and O–H groups in total. The van der Waals surface area contributed by atoms with Gasteiger partial charge in [0.1, 0.15) is 0 Å². The summed E-state index contributed by atoms with van der Waals surface area (Å²) in [5.74, 6) is -0.424. The molecule has 0 bridgehead atoms. The van der Waals surface area contributed by atoms with Gasteiger partial charge in [0.05, 0.1) is 12.1 Å². The average Bonchev–Trinajstić information content (AvgIpc) is 2.44. The lowest BCUT2D eigenvalue weighted by Crippen LogP contribution is -2.52. The second-order valence-corrected chi connectivity index (χ2v) is 5.24. The second kappa shape index (κ2) is 6.35. The van der Waals surface area contributed by atoms with E-state index in [2.05, 4.69) is 5.32 Å². The maximum absolute atomic E-state index is 11.9. The van der Waals surface area contributed by atoms with Crippen molar-refractivity contribution >= 4 is 23.4 Å². The molecule has 1 aromatic carbocycles. The highest BCUT2D eigenvalue weighted by molar-refractivity contribution is 6.31. The molecule has 1 saturated heterocycles. The Morgan fingerprint density at radius 2 is 2.15 bits per heavy atom. The van der Waals surface area contributed by atoms with Crippen molar-refractivity contribution in [3.8, 4) is 0 Å². The molecule has 0 aromatic heterocycles. The van der Waals surface area contributed by atoms with Gasteiger partial charge in [-0.25, -0.2) is 0 Å². The van der Waals surface area contributed by atoms with Gasteiger partial charge in [-0.15, -0.1) is 0 Å². The molecule has 0 radical (unpaired) electrons. The number of aliphatic hydroxyl groups is 1. The summed E-state index contributed by atoms with van der Waals surface area (Å²) >= 11 is 6.00. The number of imide groups is 1. The van der Waals surface area contributed by atoms with Crippen molar-refractivity contribution in [2.75, 3.05) is 13.6 Å². The van der Waals surface area contributed by atoms with Crippen LogP contribution in [0, 0.1) is 0 Å². The molecule has 2 amide bonds. The first kappa shape index (κ1) is 15.0. The van der Waals surface area contributed by atoms with Crippen LogP contribution in [0.3, 0.4) is 0 Å². The predicted octanol–water partition coefficient (Wildman–Crippen LogP) is 1.11. The molecule has 0 saturated carbocycles. The monoisotopic (exact) mass is 296 g/mol. The number of halogens is 1. The summed E-state index contributed by atoms with van der Waals surface area (Å²) in [4.78, 5) is 24.4. The van der Waals surface area contributed by atoms with Crippen LogP contribution in [0.25, 0.3) is 0 Å². The number of likely N-dealkylation sites (tertiary alicyclic amines) is 1. The second-order valence-electron chi connectivity index (χ2n) is 4.83. The SMILES string of the molecule is CN1C(=O)CCC(NCC(O)c2ccccc2Cl)C1=O. The fourth-order valence-electron chi connectivity index (χ4n) is 2.21. The van der Waals surface area contributed by atoms with Gasteiger partial charge in [-0.3, -0.25) is 14.5 Å². The zero-order chi connectivity index (χ0) is 14.7. The number of carbonyl (C=O) groups excluding carboxylic acids is 2. The van der Waals surface area contributed by atoms with Crippen molar-refractivity contribution in [3.63, 3.8) is 0 Å². The van der Waals surface area contributed by atoms with Gasteiger partial charge in [-0.05, 0) is 12.5 Å². The third-order valence-electron chi connectivity index (χ3n) is 3.47. The zero-order valence-corrected chi connectivity index (χ0v) is 11.9. The van der Waals surface area contributed by atoms with Gasteiger partial charge in [-0.2, -0.15) is 0 Å². The van der Waals surface area contributed by atoms with Crippen molar-refractivity contribution in [2.24, 2.45) is 0 Å². The first-order chi connectivity index (χ1) is 9.50. The molecule has 108 valence electrons. The van der Waals surface area contributed by atoms with E-state index in [1.807, 2.05) is 0 Å². The Morgan fingerprint density at radius 1 is 1.45 bits per heavy atom. The van der Waals surface area contributed by atoms with E-state index < -0.39 is 12.1 Å². The van der Waals surface area contributed by atoms with Gasteiger partial charge < -0.3 is 10.4 Å². The van der Waals surface area contributed by atoms with Crippen LogP contribution in [-0.2, 0) is 9.59 Å². The molecule has 0 aliphatic carbocycles. The lowest BCUT2D eigenvalue weighted by Gasteiger charge is -2.29. The normalized spacial score (nSPS) is 21.1. The number of rotatable bonds is 4. The maximum atomic E-state index is 11.9. The van der Waals surface area contributed by atoms with Crippen LogP contribution in [0.15, 0.2) is 24.3 Å². The fraction of sp³-hybridized carbons (Fsp3) is 0.429. The van der Waals surface area contributed by atoms with E-state index in [-0.39, 0.29) is 18.4 Å². The van der Waals surface area contributed by atoms with Gasteiger partial charge in [0.15, 0.2) is 0 Å². The summed E-state index contributed by atoms with van der Waals surface area (Å²) in [7, 11) is 1.48. The van der Waals surface area contributed by atoms with Gasteiger partial charge >= 0.3 is 0 Å². The number of aliphatic hydroxyl groups excluding tert-OH is 1. The van der Waals surface area contributed by atoms with E-state index in [9.17, 15) is 14.7 Å². The Morgan fingerprint density at radius 3 is 2.85 bits per heavy atom. The molecule has 20 heavy (non-hydrogen) atoms. The van der Waals surface area contributed by atoms with Crippen LogP contribution in [0.2, 0.25) is 5.02 Å². The van der Waals surface area contributed by atoms with Crippen LogP contribution in [0.1, 0.15) is 24.5 Å². The smallest absolute Gasteiger partial charge is 0.246 e. The number of likely N-dealkylation sites (N-methyl/N-ethyl adjacent to an activating group) is 1. The highest BCUT2D eigenvalue weighted by atomic mass is 35.5. The van der Waals surface area contributed by atoms with Gasteiger partial charge in [-0.1, -0.05) is 29.8 Å². The largest absolute Gasteiger partial charge is 0.387 e. The third kappa shape index (κ3) is 3.17. The van der Waals surface area contributed by atoms with Gasteiger partial charge in [0.2, 0.25) is 11.8 Å². The molecule has 2 unspecified atom stereocenters. The Bertz CT molecular complexity index is 521. The summed E-state index contributed by atoms with van der Waals surface area (Å²) < 4.78 is 0. The van der Waals surface area contributed by atoms with E-state index >= 15 is 0 Å². The van der Waals surface area contributed by atoms with E-state index in [1.54, 1.807) is 24.3 Å². The number of carbonyl (C=O) groups is 2. The molecular formula is C14H17ClN2O3. The molecular weight excluding hydrogens is 280 g/mol. The van der Waals surface area contributed by atoms with E-state index in [0.29, 0.717) is 23.4 Å². The minimum absolute atomic E-state index is 0.167. The molecule has 0 spiro atoms. The van der Waals surface area contributed by atoms with Crippen LogP contribution >= 0.6 is 11.6 Å². The molecule has 2 rings (SSSR count). The molecule has 1 aromatic rings. The molecule has 6 heteroatoms. The average molecular weight is 297 g/mol. The van der Waals surface area contributed by atoms with Crippen molar-refractivity contribution in [3.05, 3.63) is 34.9 Å². The molecule has 1 aliphatic rings. The Kier molecular flexibility index (Phi) is 4.75. The summed E-state index contributed by atoms with van der Waals surface area (Å²) in [6.07, 6.45) is -0.00118. The topological polar surface area (TPSA) is 69.6 Å². The van der Waals surface area contributed by atoms with E-state index in [1.165, 1.54) is 7.05 Å². The van der Waals surface area contributed by atoms with Crippen molar-refractivity contribution in [1.29, 1.82) is 0 Å². The van der Waals surface area contributed by atoms with Crippen LogP contribution in [-0.4, -0.2) is 41.5 Å². The maximum Gasteiger partial charge on any atom is 0.246 e. The van der Waals surface area contributed by atoms with Gasteiger partial charge in [0.25, 0.3) is 0 Å². The summed E-state index contributed by atoms with van der Waals surface area (Å²) in [5.41, 5.74) is 0.620. The number of amides is 2. The van der Waals surface area contributed by atoms with Crippen LogP contribution in [0.5, 0.6) is 0 Å². The summed E-state index contributed by atoms with van der Waals surface area (Å²) in [5, 5.41) is 13.6. The van der Waals surface area contributed by atoms with Crippen molar-refractivity contribution in [2.45, 2.75) is 25.0 Å². The first-order valence-corrected chi connectivity index (χ1v) is 6.84. The molecule has 1 heterocycles. The Hall–Kier alpha value is -1.43. The van der Waals surface area contributed by atoms with E-state index in [0.717, 1.165) is 4.90 Å². The third-order valence-corrected chi connectivity index (χ3v) is 3.82. The molecule has 1 fully saturated rings. The molecule has 5 nitrogen and oxygen atoms in total. The number of piperidine rings is 1. The predicted molar refractivity (Wildman–Crippen MR) is 75.2 cm³/mol. The minimum Gasteiger partial charge on any atom is -0.387 e. The Labute approximate surface area is 122 Å². The summed E-state index contributed by atoms with van der Waals surface area (Å²) in [6, 6.07) is 6.60. The minimum atomic E-state index is -0.792. The first-order valence-electron chi connectivity index (χ1n) is 6.47. The number of hydrogen-bond donors (Lipinski definition) is 2.